The molecule has 1 aliphatic heterocycles. The van der Waals surface area contributed by atoms with Gasteiger partial charge in [-0.15, -0.1) is 0 Å². The van der Waals surface area contributed by atoms with E-state index in [1.165, 1.54) is 17.3 Å². The monoisotopic (exact) mass is 316 g/mol. The van der Waals surface area contributed by atoms with Gasteiger partial charge in [0.25, 0.3) is 11.8 Å². The molecule has 0 aliphatic carbocycles. The Hall–Kier alpha value is -2.01. The first kappa shape index (κ1) is 12.0. The molecule has 1 aliphatic rings. The summed E-state index contributed by atoms with van der Waals surface area (Å²) in [5.41, 5.74) is 1.72. The molecule has 2 heterocycles. The van der Waals surface area contributed by atoms with Crippen LogP contribution >= 0.6 is 15.9 Å². The first-order valence-electron chi connectivity index (χ1n) is 5.71. The number of carbonyl (C=O) groups excluding carboxylic acids is 2. The van der Waals surface area contributed by atoms with Gasteiger partial charge in [-0.3, -0.25) is 19.5 Å². The van der Waals surface area contributed by atoms with Crippen LogP contribution in [0.25, 0.3) is 0 Å². The third-order valence-electron chi connectivity index (χ3n) is 3.03. The number of hydrogen-bond acceptors (Lipinski definition) is 3. The van der Waals surface area contributed by atoms with Crippen molar-refractivity contribution in [1.82, 2.24) is 9.88 Å². The van der Waals surface area contributed by atoms with Crippen LogP contribution in [-0.4, -0.2) is 21.7 Å². The van der Waals surface area contributed by atoms with Crippen molar-refractivity contribution in [1.29, 1.82) is 0 Å². The molecule has 3 rings (SSSR count). The molecule has 0 saturated heterocycles. The molecule has 19 heavy (non-hydrogen) atoms. The van der Waals surface area contributed by atoms with Gasteiger partial charge in [-0.1, -0.05) is 28.1 Å². The standard InChI is InChI=1S/C14H9BrN2O2/c15-10-3-1-9(2-4-10)8-17-13(18)11-5-6-16-7-12(11)14(17)19/h1-7H,8H2. The minimum Gasteiger partial charge on any atom is -0.270 e. The number of halogens is 1. The molecular formula is C14H9BrN2O2. The molecule has 4 nitrogen and oxygen atoms in total. The molecule has 0 N–H and O–H groups in total. The Morgan fingerprint density at radius 3 is 2.37 bits per heavy atom. The lowest BCUT2D eigenvalue weighted by atomic mass is 10.2. The second-order valence-corrected chi connectivity index (χ2v) is 5.16. The predicted octanol–water partition coefficient (Wildman–Crippen LogP) is 2.64. The highest BCUT2D eigenvalue weighted by atomic mass is 79.9. The van der Waals surface area contributed by atoms with Gasteiger partial charge in [-0.25, -0.2) is 0 Å². The minimum atomic E-state index is -0.281. The summed E-state index contributed by atoms with van der Waals surface area (Å²) < 4.78 is 0.961. The van der Waals surface area contributed by atoms with Crippen molar-refractivity contribution in [3.8, 4) is 0 Å². The fourth-order valence-electron chi connectivity index (χ4n) is 2.05. The highest BCUT2D eigenvalue weighted by molar-refractivity contribution is 9.10. The van der Waals surface area contributed by atoms with Crippen molar-refractivity contribution in [2.75, 3.05) is 0 Å². The van der Waals surface area contributed by atoms with E-state index in [1.54, 1.807) is 6.07 Å². The van der Waals surface area contributed by atoms with E-state index in [1.807, 2.05) is 24.3 Å². The van der Waals surface area contributed by atoms with Crippen LogP contribution in [0.1, 0.15) is 26.3 Å². The number of fused-ring (bicyclic) bond motifs is 1. The molecule has 1 aromatic carbocycles. The SMILES string of the molecule is O=C1c2ccncc2C(=O)N1Cc1ccc(Br)cc1. The Bertz CT molecular complexity index is 632. The fraction of sp³-hybridized carbons (Fsp3) is 0.0714. The van der Waals surface area contributed by atoms with Crippen molar-refractivity contribution in [3.63, 3.8) is 0 Å². The first-order chi connectivity index (χ1) is 9.16. The van der Waals surface area contributed by atoms with Crippen LogP contribution in [0.2, 0.25) is 0 Å². The summed E-state index contributed by atoms with van der Waals surface area (Å²) in [5, 5.41) is 0. The summed E-state index contributed by atoms with van der Waals surface area (Å²) in [5.74, 6) is -0.540. The second kappa shape index (κ2) is 4.59. The quantitative estimate of drug-likeness (QED) is 0.800. The van der Waals surface area contributed by atoms with Gasteiger partial charge in [0.05, 0.1) is 17.7 Å². The lowest BCUT2D eigenvalue weighted by molar-refractivity contribution is 0.0642. The molecule has 0 unspecified atom stereocenters. The molecule has 0 atom stereocenters. The molecule has 0 fully saturated rings. The number of hydrogen-bond donors (Lipinski definition) is 0. The summed E-state index contributed by atoms with van der Waals surface area (Å²) in [6.07, 6.45) is 2.96. The molecule has 1 aromatic heterocycles. The van der Waals surface area contributed by atoms with Crippen LogP contribution < -0.4 is 0 Å². The highest BCUT2D eigenvalue weighted by Crippen LogP contribution is 2.23. The fourth-order valence-corrected chi connectivity index (χ4v) is 2.31. The summed E-state index contributed by atoms with van der Waals surface area (Å²) >= 11 is 3.35. The molecule has 0 bridgehead atoms. The molecule has 5 heteroatoms. The maximum Gasteiger partial charge on any atom is 0.263 e. The van der Waals surface area contributed by atoms with Gasteiger partial charge < -0.3 is 0 Å². The molecule has 0 spiro atoms. The van der Waals surface area contributed by atoms with Gasteiger partial charge >= 0.3 is 0 Å². The van der Waals surface area contributed by atoms with Gasteiger partial charge in [0, 0.05) is 16.9 Å². The minimum absolute atomic E-state index is 0.259. The number of rotatable bonds is 2. The lowest BCUT2D eigenvalue weighted by Crippen LogP contribution is -2.29. The number of aromatic nitrogens is 1. The third kappa shape index (κ3) is 2.06. The van der Waals surface area contributed by atoms with Crippen LogP contribution in [0.4, 0.5) is 0 Å². The second-order valence-electron chi connectivity index (χ2n) is 4.24. The number of pyridine rings is 1. The Morgan fingerprint density at radius 1 is 1.00 bits per heavy atom. The highest BCUT2D eigenvalue weighted by Gasteiger charge is 2.35. The van der Waals surface area contributed by atoms with E-state index in [-0.39, 0.29) is 18.4 Å². The molecule has 94 valence electrons. The molecule has 0 saturated carbocycles. The normalized spacial score (nSPS) is 13.8. The Labute approximate surface area is 118 Å². The van der Waals surface area contributed by atoms with Gasteiger partial charge in [0.15, 0.2) is 0 Å². The molecule has 2 amide bonds. The number of imide groups is 1. The maximum atomic E-state index is 12.1. The summed E-state index contributed by atoms with van der Waals surface area (Å²) in [6.45, 7) is 0.277. The smallest absolute Gasteiger partial charge is 0.263 e. The van der Waals surface area contributed by atoms with Crippen LogP contribution in [0.3, 0.4) is 0 Å². The molecule has 0 radical (unpaired) electrons. The van der Waals surface area contributed by atoms with E-state index in [0.717, 1.165) is 10.0 Å². The van der Waals surface area contributed by atoms with E-state index in [4.69, 9.17) is 0 Å². The third-order valence-corrected chi connectivity index (χ3v) is 3.55. The number of benzene rings is 1. The van der Waals surface area contributed by atoms with E-state index in [0.29, 0.717) is 11.1 Å². The maximum absolute atomic E-state index is 12.1. The van der Waals surface area contributed by atoms with Crippen molar-refractivity contribution in [2.24, 2.45) is 0 Å². The van der Waals surface area contributed by atoms with Crippen molar-refractivity contribution in [2.45, 2.75) is 6.54 Å². The van der Waals surface area contributed by atoms with Gasteiger partial charge in [0.2, 0.25) is 0 Å². The van der Waals surface area contributed by atoms with Crippen LogP contribution in [-0.2, 0) is 6.54 Å². The zero-order chi connectivity index (χ0) is 13.4. The zero-order valence-electron chi connectivity index (χ0n) is 9.84. The van der Waals surface area contributed by atoms with Crippen LogP contribution in [0, 0.1) is 0 Å². The lowest BCUT2D eigenvalue weighted by Gasteiger charge is -2.13. The first-order valence-corrected chi connectivity index (χ1v) is 6.51. The summed E-state index contributed by atoms with van der Waals surface area (Å²) in [7, 11) is 0. The number of nitrogens with zero attached hydrogens (tertiary/aromatic N) is 2. The van der Waals surface area contributed by atoms with E-state index in [2.05, 4.69) is 20.9 Å². The Kier molecular flexibility index (Phi) is 2.91. The summed E-state index contributed by atoms with van der Waals surface area (Å²) in [6, 6.07) is 9.11. The average Bonchev–Trinajstić information content (AvgIpc) is 2.67. The van der Waals surface area contributed by atoms with Crippen LogP contribution in [0.15, 0.2) is 47.2 Å². The Morgan fingerprint density at radius 2 is 1.68 bits per heavy atom. The van der Waals surface area contributed by atoms with E-state index < -0.39 is 0 Å². The zero-order valence-corrected chi connectivity index (χ0v) is 11.4. The predicted molar refractivity (Wildman–Crippen MR) is 72.6 cm³/mol. The number of amides is 2. The van der Waals surface area contributed by atoms with E-state index >= 15 is 0 Å². The van der Waals surface area contributed by atoms with Crippen molar-refractivity contribution >= 4 is 27.7 Å². The summed E-state index contributed by atoms with van der Waals surface area (Å²) in [4.78, 5) is 29.4. The van der Waals surface area contributed by atoms with Gasteiger partial charge in [0.1, 0.15) is 0 Å². The van der Waals surface area contributed by atoms with E-state index in [9.17, 15) is 9.59 Å². The van der Waals surface area contributed by atoms with Crippen molar-refractivity contribution in [3.05, 3.63) is 63.9 Å². The van der Waals surface area contributed by atoms with Crippen molar-refractivity contribution < 1.29 is 9.59 Å². The molecular weight excluding hydrogens is 308 g/mol. The Balaban J connectivity index is 1.90. The van der Waals surface area contributed by atoms with Gasteiger partial charge in [-0.2, -0.15) is 0 Å². The van der Waals surface area contributed by atoms with Gasteiger partial charge in [-0.05, 0) is 23.8 Å². The molecule has 2 aromatic rings. The van der Waals surface area contributed by atoms with Crippen LogP contribution in [0.5, 0.6) is 0 Å². The topological polar surface area (TPSA) is 50.3 Å². The largest absolute Gasteiger partial charge is 0.270 e. The number of carbonyl (C=O) groups is 2. The average molecular weight is 317 g/mol.